The molecule has 0 N–H and O–H groups in total. The third-order valence-electron chi connectivity index (χ3n) is 4.33. The molecule has 0 unspecified atom stereocenters. The number of nitrogens with zero attached hydrogens (tertiary/aromatic N) is 1. The lowest BCUT2D eigenvalue weighted by atomic mass is 9.97. The first-order chi connectivity index (χ1) is 12.9. The van der Waals surface area contributed by atoms with Gasteiger partial charge in [0.15, 0.2) is 5.54 Å². The molecule has 1 aromatic carbocycles. The largest absolute Gasteiger partial charge is 0.458 e. The molecule has 1 heterocycles. The van der Waals surface area contributed by atoms with Gasteiger partial charge in [0.25, 0.3) is 0 Å². The molecule has 0 spiro atoms. The van der Waals surface area contributed by atoms with E-state index in [1.165, 1.54) is 4.90 Å². The molecule has 1 atom stereocenters. The summed E-state index contributed by atoms with van der Waals surface area (Å²) in [6.07, 6.45) is 0.655. The molecule has 1 fully saturated rings. The fraction of sp³-hybridized carbons (Fsp3) is 0.636. The third-order valence-corrected chi connectivity index (χ3v) is 4.33. The Balaban J connectivity index is 2.21. The third kappa shape index (κ3) is 5.96. The van der Waals surface area contributed by atoms with E-state index in [1.807, 2.05) is 71.9 Å². The Bertz CT molecular complexity index is 674. The minimum atomic E-state index is -1.18. The lowest BCUT2D eigenvalue weighted by molar-refractivity contribution is -0.172. The molecule has 0 saturated carbocycles. The highest BCUT2D eigenvalue weighted by Crippen LogP contribution is 2.34. The second kappa shape index (κ2) is 8.52. The van der Waals surface area contributed by atoms with Gasteiger partial charge in [-0.1, -0.05) is 30.3 Å². The average molecular weight is 392 g/mol. The van der Waals surface area contributed by atoms with Crippen LogP contribution in [0.1, 0.15) is 59.9 Å². The van der Waals surface area contributed by atoms with E-state index in [0.29, 0.717) is 26.0 Å². The van der Waals surface area contributed by atoms with Crippen molar-refractivity contribution in [3.63, 3.8) is 0 Å². The molecule has 6 heteroatoms. The normalized spacial score (nSPS) is 20.1. The molecule has 1 aromatic rings. The quantitative estimate of drug-likeness (QED) is 0.700. The van der Waals surface area contributed by atoms with E-state index in [-0.39, 0.29) is 6.61 Å². The van der Waals surface area contributed by atoms with Crippen LogP contribution in [0.15, 0.2) is 30.3 Å². The molecule has 1 amide bonds. The van der Waals surface area contributed by atoms with Crippen molar-refractivity contribution in [2.45, 2.75) is 77.7 Å². The van der Waals surface area contributed by atoms with Crippen molar-refractivity contribution >= 4 is 12.1 Å². The van der Waals surface area contributed by atoms with E-state index in [4.69, 9.17) is 14.2 Å². The van der Waals surface area contributed by atoms with Crippen molar-refractivity contribution in [1.82, 2.24) is 4.90 Å². The Hall–Kier alpha value is -2.08. The molecular formula is C22H33NO5. The molecule has 28 heavy (non-hydrogen) atoms. The van der Waals surface area contributed by atoms with Gasteiger partial charge in [-0.05, 0) is 59.9 Å². The number of likely N-dealkylation sites (tertiary alicyclic amines) is 1. The van der Waals surface area contributed by atoms with Crippen molar-refractivity contribution in [3.8, 4) is 0 Å². The van der Waals surface area contributed by atoms with Crippen LogP contribution < -0.4 is 0 Å². The van der Waals surface area contributed by atoms with E-state index in [9.17, 15) is 9.59 Å². The van der Waals surface area contributed by atoms with Gasteiger partial charge in [0.05, 0.1) is 13.2 Å². The summed E-state index contributed by atoms with van der Waals surface area (Å²) in [4.78, 5) is 27.5. The summed E-state index contributed by atoms with van der Waals surface area (Å²) in [7, 11) is 0. The summed E-state index contributed by atoms with van der Waals surface area (Å²) in [6, 6.07) is 9.73. The summed E-state index contributed by atoms with van der Waals surface area (Å²) >= 11 is 0. The van der Waals surface area contributed by atoms with Crippen LogP contribution in [0.3, 0.4) is 0 Å². The monoisotopic (exact) mass is 391 g/mol. The van der Waals surface area contributed by atoms with Crippen molar-refractivity contribution in [2.24, 2.45) is 0 Å². The van der Waals surface area contributed by atoms with E-state index in [0.717, 1.165) is 5.56 Å². The van der Waals surface area contributed by atoms with Crippen molar-refractivity contribution in [1.29, 1.82) is 0 Å². The zero-order valence-electron chi connectivity index (χ0n) is 17.9. The van der Waals surface area contributed by atoms with Crippen molar-refractivity contribution in [2.75, 3.05) is 13.2 Å². The molecule has 6 nitrogen and oxygen atoms in total. The SMILES string of the molecule is CC(C)(C)OC(=O)N1CCC[C@]1(COCc1ccccc1)C(=O)OC(C)(C)C. The Morgan fingerprint density at radius 3 is 2.18 bits per heavy atom. The van der Waals surface area contributed by atoms with Gasteiger partial charge in [0, 0.05) is 6.54 Å². The lowest BCUT2D eigenvalue weighted by Gasteiger charge is -2.38. The number of esters is 1. The van der Waals surface area contributed by atoms with E-state index in [2.05, 4.69) is 0 Å². The molecule has 0 radical (unpaired) electrons. The Labute approximate surface area is 168 Å². The van der Waals surface area contributed by atoms with Crippen LogP contribution in [0.4, 0.5) is 4.79 Å². The Morgan fingerprint density at radius 1 is 1.00 bits per heavy atom. The Kier molecular flexibility index (Phi) is 6.75. The fourth-order valence-corrected chi connectivity index (χ4v) is 3.17. The highest BCUT2D eigenvalue weighted by Gasteiger charge is 2.53. The van der Waals surface area contributed by atoms with Crippen LogP contribution in [0.2, 0.25) is 0 Å². The number of ether oxygens (including phenoxy) is 3. The molecular weight excluding hydrogens is 358 g/mol. The highest BCUT2D eigenvalue weighted by atomic mass is 16.6. The molecule has 1 aliphatic rings. The molecule has 2 rings (SSSR count). The van der Waals surface area contributed by atoms with Crippen LogP contribution in [0.25, 0.3) is 0 Å². The zero-order valence-corrected chi connectivity index (χ0v) is 17.9. The van der Waals surface area contributed by atoms with E-state index >= 15 is 0 Å². The van der Waals surface area contributed by atoms with Gasteiger partial charge in [0.2, 0.25) is 0 Å². The second-order valence-electron chi connectivity index (χ2n) is 9.25. The van der Waals surface area contributed by atoms with E-state index < -0.39 is 28.8 Å². The first-order valence-corrected chi connectivity index (χ1v) is 9.79. The number of carbonyl (C=O) groups excluding carboxylic acids is 2. The van der Waals surface area contributed by atoms with Gasteiger partial charge in [-0.3, -0.25) is 4.90 Å². The van der Waals surface area contributed by atoms with Crippen molar-refractivity contribution < 1.29 is 23.8 Å². The number of rotatable bonds is 5. The van der Waals surface area contributed by atoms with Crippen LogP contribution in [-0.4, -0.2) is 46.9 Å². The predicted octanol–water partition coefficient (Wildman–Crippen LogP) is 4.31. The van der Waals surface area contributed by atoms with E-state index in [1.54, 1.807) is 0 Å². The lowest BCUT2D eigenvalue weighted by Crippen LogP contribution is -2.58. The number of hydrogen-bond donors (Lipinski definition) is 0. The number of benzene rings is 1. The number of carbonyl (C=O) groups is 2. The van der Waals surface area contributed by atoms with Gasteiger partial charge in [-0.2, -0.15) is 0 Å². The van der Waals surface area contributed by atoms with Crippen LogP contribution in [-0.2, 0) is 25.6 Å². The van der Waals surface area contributed by atoms with Gasteiger partial charge in [-0.25, -0.2) is 9.59 Å². The molecule has 1 saturated heterocycles. The summed E-state index contributed by atoms with van der Waals surface area (Å²) in [5, 5.41) is 0. The molecule has 156 valence electrons. The minimum absolute atomic E-state index is 0.0655. The molecule has 0 aliphatic carbocycles. The summed E-state index contributed by atoms with van der Waals surface area (Å²) in [6.45, 7) is 11.7. The van der Waals surface area contributed by atoms with Gasteiger partial charge in [-0.15, -0.1) is 0 Å². The van der Waals surface area contributed by atoms with Gasteiger partial charge >= 0.3 is 12.1 Å². The maximum absolute atomic E-state index is 13.2. The molecule has 1 aliphatic heterocycles. The maximum atomic E-state index is 13.2. The fourth-order valence-electron chi connectivity index (χ4n) is 3.17. The van der Waals surface area contributed by atoms with Gasteiger partial charge < -0.3 is 14.2 Å². The number of hydrogen-bond acceptors (Lipinski definition) is 5. The van der Waals surface area contributed by atoms with Crippen LogP contribution in [0.5, 0.6) is 0 Å². The highest BCUT2D eigenvalue weighted by molar-refractivity contribution is 5.87. The number of amides is 1. The topological polar surface area (TPSA) is 65.1 Å². The standard InChI is InChI=1S/C22H33NO5/c1-20(2,3)27-18(24)22(16-26-15-17-11-8-7-9-12-17)13-10-14-23(22)19(25)28-21(4,5)6/h7-9,11-12H,10,13-16H2,1-6H3/t22-/m0/s1. The average Bonchev–Trinajstić information content (AvgIpc) is 2.98. The van der Waals surface area contributed by atoms with Crippen LogP contribution >= 0.6 is 0 Å². The van der Waals surface area contributed by atoms with Gasteiger partial charge in [0.1, 0.15) is 11.2 Å². The smallest absolute Gasteiger partial charge is 0.411 e. The maximum Gasteiger partial charge on any atom is 0.411 e. The summed E-state index contributed by atoms with van der Waals surface area (Å²) in [5.41, 5.74) is -1.48. The predicted molar refractivity (Wildman–Crippen MR) is 107 cm³/mol. The second-order valence-corrected chi connectivity index (χ2v) is 9.25. The zero-order chi connectivity index (χ0) is 21.0. The summed E-state index contributed by atoms with van der Waals surface area (Å²) < 4.78 is 17.1. The minimum Gasteiger partial charge on any atom is -0.458 e. The van der Waals surface area contributed by atoms with Crippen molar-refractivity contribution in [3.05, 3.63) is 35.9 Å². The first-order valence-electron chi connectivity index (χ1n) is 9.79. The Morgan fingerprint density at radius 2 is 1.61 bits per heavy atom. The molecule has 0 bridgehead atoms. The first kappa shape index (κ1) is 22.2. The molecule has 0 aromatic heterocycles. The summed E-state index contributed by atoms with van der Waals surface area (Å²) in [5.74, 6) is -0.448. The van der Waals surface area contributed by atoms with Crippen LogP contribution in [0, 0.1) is 0 Å².